The molecule has 3 aromatic heterocycles. The molecule has 0 N–H and O–H groups in total. The highest BCUT2D eigenvalue weighted by atomic mass is 35.5. The van der Waals surface area contributed by atoms with Crippen LogP contribution in [-0.4, -0.2) is 61.8 Å². The standard InChI is InChI=1S/C32H27Cl2F3N6O4S/c1-16(2)20-12-23(43(40-20)22-11-18(33)9-10-19(22)32(35,36)37)27-29(44-3)26(42-13-21(39-41-42)30-38-25(34)15-48-30)28-24(46-27)14-45-31(47-28)17-7-5-4-6-8-17/h4-13,15,24,26-29,31H,1,14H2,2-3H3/t24-,26+,27+,28+,29-,31?/m1/s1. The lowest BCUT2D eigenvalue weighted by molar-refractivity contribution is -0.320. The fraction of sp³-hybridized carbons (Fsp3) is 0.312. The lowest BCUT2D eigenvalue weighted by Gasteiger charge is -2.49. The van der Waals surface area contributed by atoms with E-state index in [1.807, 2.05) is 30.3 Å². The number of halogens is 5. The number of aromatic nitrogens is 6. The van der Waals surface area contributed by atoms with E-state index in [0.717, 1.165) is 11.6 Å². The second-order valence-electron chi connectivity index (χ2n) is 11.3. The highest BCUT2D eigenvalue weighted by Gasteiger charge is 2.53. The van der Waals surface area contributed by atoms with Gasteiger partial charge in [-0.2, -0.15) is 18.3 Å². The predicted molar refractivity (Wildman–Crippen MR) is 172 cm³/mol. The van der Waals surface area contributed by atoms with Gasteiger partial charge >= 0.3 is 6.18 Å². The zero-order valence-electron chi connectivity index (χ0n) is 25.3. The lowest BCUT2D eigenvalue weighted by Crippen LogP contribution is -2.57. The zero-order valence-corrected chi connectivity index (χ0v) is 27.7. The van der Waals surface area contributed by atoms with Gasteiger partial charge < -0.3 is 18.9 Å². The molecule has 48 heavy (non-hydrogen) atoms. The van der Waals surface area contributed by atoms with E-state index in [4.69, 9.17) is 42.1 Å². The highest BCUT2D eigenvalue weighted by Crippen LogP contribution is 2.46. The van der Waals surface area contributed by atoms with Gasteiger partial charge in [-0.05, 0) is 36.8 Å². The summed E-state index contributed by atoms with van der Waals surface area (Å²) >= 11 is 13.6. The molecule has 0 amide bonds. The lowest BCUT2D eigenvalue weighted by atomic mass is 9.89. The van der Waals surface area contributed by atoms with Crippen molar-refractivity contribution in [3.63, 3.8) is 0 Å². The van der Waals surface area contributed by atoms with Crippen LogP contribution in [0.5, 0.6) is 0 Å². The van der Waals surface area contributed by atoms with E-state index in [-0.39, 0.29) is 23.0 Å². The van der Waals surface area contributed by atoms with E-state index in [2.05, 4.69) is 27.0 Å². The molecule has 2 aromatic carbocycles. The van der Waals surface area contributed by atoms with Crippen LogP contribution < -0.4 is 0 Å². The van der Waals surface area contributed by atoms with Crippen molar-refractivity contribution in [2.24, 2.45) is 0 Å². The molecule has 10 nitrogen and oxygen atoms in total. The molecule has 250 valence electrons. The normalized spacial score (nSPS) is 24.4. The Morgan fingerprint density at radius 1 is 1.10 bits per heavy atom. The molecule has 0 bridgehead atoms. The Hall–Kier alpha value is -3.63. The van der Waals surface area contributed by atoms with Crippen LogP contribution in [0.25, 0.3) is 22.0 Å². The van der Waals surface area contributed by atoms with Gasteiger partial charge in [0, 0.05) is 23.1 Å². The molecule has 0 saturated carbocycles. The molecule has 0 spiro atoms. The van der Waals surface area contributed by atoms with Crippen LogP contribution in [0, 0.1) is 0 Å². The molecule has 16 heteroatoms. The summed E-state index contributed by atoms with van der Waals surface area (Å²) in [6, 6.07) is 13.7. The van der Waals surface area contributed by atoms with Crippen molar-refractivity contribution in [1.82, 2.24) is 29.8 Å². The van der Waals surface area contributed by atoms with Gasteiger partial charge in [0.15, 0.2) is 6.29 Å². The molecule has 2 aliphatic rings. The van der Waals surface area contributed by atoms with E-state index >= 15 is 0 Å². The van der Waals surface area contributed by atoms with Crippen LogP contribution in [0.4, 0.5) is 13.2 Å². The van der Waals surface area contributed by atoms with Crippen molar-refractivity contribution in [3.8, 4) is 16.4 Å². The van der Waals surface area contributed by atoms with Gasteiger partial charge in [0.2, 0.25) is 0 Å². The van der Waals surface area contributed by atoms with Crippen LogP contribution in [0.1, 0.15) is 47.9 Å². The topological polar surface area (TPSA) is 98.3 Å². The molecule has 7 rings (SSSR count). The van der Waals surface area contributed by atoms with Gasteiger partial charge in [-0.3, -0.25) is 0 Å². The number of methoxy groups -OCH3 is 1. The Kier molecular flexibility index (Phi) is 8.91. The van der Waals surface area contributed by atoms with Gasteiger partial charge in [0.05, 0.1) is 35.4 Å². The Morgan fingerprint density at radius 2 is 1.90 bits per heavy atom. The molecular weight excluding hydrogens is 692 g/mol. The van der Waals surface area contributed by atoms with Gasteiger partial charge in [-0.15, -0.1) is 16.4 Å². The zero-order chi connectivity index (χ0) is 33.7. The summed E-state index contributed by atoms with van der Waals surface area (Å²) in [4.78, 5) is 4.31. The second-order valence-corrected chi connectivity index (χ2v) is 13.0. The average molecular weight is 720 g/mol. The predicted octanol–water partition coefficient (Wildman–Crippen LogP) is 7.76. The van der Waals surface area contributed by atoms with Crippen molar-refractivity contribution in [1.29, 1.82) is 0 Å². The maximum Gasteiger partial charge on any atom is 0.418 e. The monoisotopic (exact) mass is 718 g/mol. The maximum absolute atomic E-state index is 14.4. The third-order valence-electron chi connectivity index (χ3n) is 8.17. The van der Waals surface area contributed by atoms with E-state index < -0.39 is 48.5 Å². The van der Waals surface area contributed by atoms with Crippen LogP contribution in [0.3, 0.4) is 0 Å². The summed E-state index contributed by atoms with van der Waals surface area (Å²) < 4.78 is 71.3. The van der Waals surface area contributed by atoms with Crippen LogP contribution in [-0.2, 0) is 25.1 Å². The molecular formula is C32H27Cl2F3N6O4S. The molecule has 6 atom stereocenters. The minimum Gasteiger partial charge on any atom is -0.376 e. The van der Waals surface area contributed by atoms with E-state index in [1.54, 1.807) is 29.2 Å². The summed E-state index contributed by atoms with van der Waals surface area (Å²) in [7, 11) is 1.49. The number of benzene rings is 2. The van der Waals surface area contributed by atoms with Gasteiger partial charge in [0.1, 0.15) is 46.3 Å². The van der Waals surface area contributed by atoms with Crippen LogP contribution >= 0.6 is 34.5 Å². The van der Waals surface area contributed by atoms with Crippen LogP contribution in [0.15, 0.2) is 72.8 Å². The summed E-state index contributed by atoms with van der Waals surface area (Å²) in [5.74, 6) is 0. The summed E-state index contributed by atoms with van der Waals surface area (Å²) in [6.45, 7) is 5.78. The number of hydrogen-bond donors (Lipinski definition) is 0. The molecule has 2 saturated heterocycles. The van der Waals surface area contributed by atoms with E-state index in [9.17, 15) is 13.2 Å². The molecule has 1 unspecified atom stereocenters. The fourth-order valence-corrected chi connectivity index (χ4v) is 7.06. The quantitative estimate of drug-likeness (QED) is 0.169. The smallest absolute Gasteiger partial charge is 0.376 e. The Bertz CT molecular complexity index is 1950. The summed E-state index contributed by atoms with van der Waals surface area (Å²) in [6.07, 6.45) is -6.99. The number of ether oxygens (including phenoxy) is 4. The van der Waals surface area contributed by atoms with Gasteiger partial charge in [0.25, 0.3) is 0 Å². The molecule has 2 aliphatic heterocycles. The van der Waals surface area contributed by atoms with Crippen molar-refractivity contribution in [2.75, 3.05) is 13.7 Å². The number of alkyl halides is 3. The highest BCUT2D eigenvalue weighted by molar-refractivity contribution is 7.13. The SMILES string of the molecule is C=C(C)c1cc([C@@H]2O[C@@H]3COC(c4ccccc4)O[C@@H]3[C@H](n3cc(-c4nc(Cl)cs4)nn3)[C@H]2OC)n(-c2cc(Cl)ccc2C(F)(F)F)n1. The maximum atomic E-state index is 14.4. The minimum atomic E-state index is -4.71. The first-order chi connectivity index (χ1) is 23.0. The van der Waals surface area contributed by atoms with Gasteiger partial charge in [-0.25, -0.2) is 14.3 Å². The van der Waals surface area contributed by atoms with E-state index in [0.29, 0.717) is 27.1 Å². The number of fused-ring (bicyclic) bond motifs is 1. The number of nitrogens with zero attached hydrogens (tertiary/aromatic N) is 6. The first kappa shape index (κ1) is 32.9. The average Bonchev–Trinajstić information content (AvgIpc) is 3.83. The van der Waals surface area contributed by atoms with E-state index in [1.165, 1.54) is 35.3 Å². The molecule has 2 fully saturated rings. The Morgan fingerprint density at radius 3 is 2.58 bits per heavy atom. The molecule has 0 aliphatic carbocycles. The number of hydrogen-bond acceptors (Lipinski definition) is 9. The van der Waals surface area contributed by atoms with Gasteiger partial charge in [-0.1, -0.05) is 65.3 Å². The number of allylic oxidation sites excluding steroid dienone is 1. The summed E-state index contributed by atoms with van der Waals surface area (Å²) in [5, 5.41) is 16.0. The van der Waals surface area contributed by atoms with Crippen molar-refractivity contribution in [2.45, 2.75) is 49.8 Å². The molecule has 0 radical (unpaired) electrons. The fourth-order valence-electron chi connectivity index (χ4n) is 5.99. The summed E-state index contributed by atoms with van der Waals surface area (Å²) in [5.41, 5.74) is 1.22. The van der Waals surface area contributed by atoms with Crippen molar-refractivity contribution >= 4 is 40.1 Å². The van der Waals surface area contributed by atoms with Crippen LogP contribution in [0.2, 0.25) is 10.2 Å². The first-order valence-electron chi connectivity index (χ1n) is 14.7. The molecule has 5 heterocycles. The van der Waals surface area contributed by atoms with Crippen molar-refractivity contribution < 1.29 is 32.1 Å². The third kappa shape index (κ3) is 6.17. The minimum absolute atomic E-state index is 0.0978. The molecule has 5 aromatic rings. The Balaban J connectivity index is 1.36. The number of rotatable bonds is 7. The third-order valence-corrected chi connectivity index (χ3v) is 9.59. The largest absolute Gasteiger partial charge is 0.418 e. The Labute approximate surface area is 286 Å². The van der Waals surface area contributed by atoms with Crippen molar-refractivity contribution in [3.05, 3.63) is 105 Å². The first-order valence-corrected chi connectivity index (χ1v) is 16.3. The number of thiazole rings is 1. The second kappa shape index (κ2) is 13.0.